The Balaban J connectivity index is 2.59. The quantitative estimate of drug-likeness (QED) is 0.783. The number of hydrogen-bond acceptors (Lipinski definition) is 3. The second kappa shape index (κ2) is 7.20. The van der Waals surface area contributed by atoms with Crippen molar-refractivity contribution in [3.05, 3.63) is 34.3 Å². The third kappa shape index (κ3) is 4.66. The Morgan fingerprint density at radius 2 is 2.06 bits per heavy atom. The molecule has 0 aliphatic carbocycles. The summed E-state index contributed by atoms with van der Waals surface area (Å²) in [5.74, 6) is 0. The Morgan fingerprint density at radius 3 is 2.67 bits per heavy atom. The van der Waals surface area contributed by atoms with Gasteiger partial charge in [-0.05, 0) is 18.1 Å². The molecule has 0 aliphatic rings. The van der Waals surface area contributed by atoms with Gasteiger partial charge in [0.2, 0.25) is 0 Å². The van der Waals surface area contributed by atoms with Gasteiger partial charge in [0.05, 0.1) is 0 Å². The first-order valence-electron chi connectivity index (χ1n) is 5.52. The molecule has 0 saturated carbocycles. The molecule has 2 N–H and O–H groups in total. The van der Waals surface area contributed by atoms with E-state index in [1.54, 1.807) is 0 Å². The Morgan fingerprint density at radius 1 is 1.39 bits per heavy atom. The van der Waals surface area contributed by atoms with E-state index in [1.807, 2.05) is 24.3 Å². The number of halogens is 1. The summed E-state index contributed by atoms with van der Waals surface area (Å²) in [5, 5.41) is 8.68. The first kappa shape index (κ1) is 15.6. The maximum Gasteiger partial charge on any atom is 0.279 e. The van der Waals surface area contributed by atoms with Crippen LogP contribution in [0.4, 0.5) is 0 Å². The first-order valence-corrected chi connectivity index (χ1v) is 7.76. The topological polar surface area (TPSA) is 69.6 Å². The molecule has 18 heavy (non-hydrogen) atoms. The third-order valence-corrected chi connectivity index (χ3v) is 4.73. The summed E-state index contributed by atoms with van der Waals surface area (Å²) in [6.45, 7) is 0.499. The fraction of sp³-hybridized carbons (Fsp3) is 0.455. The molecule has 0 amide bonds. The van der Waals surface area contributed by atoms with Crippen LogP contribution >= 0.6 is 15.9 Å². The van der Waals surface area contributed by atoms with Crippen LogP contribution in [0.3, 0.4) is 0 Å². The smallest absolute Gasteiger partial charge is 0.279 e. The average Bonchev–Trinajstić information content (AvgIpc) is 2.35. The molecule has 0 unspecified atom stereocenters. The summed E-state index contributed by atoms with van der Waals surface area (Å²) in [6.07, 6.45) is 0.423. The van der Waals surface area contributed by atoms with Crippen LogP contribution in [0.15, 0.2) is 28.7 Å². The third-order valence-electron chi connectivity index (χ3n) is 2.44. The maximum atomic E-state index is 11.8. The van der Waals surface area contributed by atoms with Gasteiger partial charge in [0.25, 0.3) is 10.2 Å². The minimum Gasteiger partial charge on any atom is -0.396 e. The Kier molecular flexibility index (Phi) is 6.24. The van der Waals surface area contributed by atoms with Crippen molar-refractivity contribution in [2.24, 2.45) is 0 Å². The van der Waals surface area contributed by atoms with Gasteiger partial charge in [-0.15, -0.1) is 0 Å². The van der Waals surface area contributed by atoms with Crippen LogP contribution in [0.1, 0.15) is 12.0 Å². The van der Waals surface area contributed by atoms with Crippen molar-refractivity contribution >= 4 is 26.1 Å². The highest BCUT2D eigenvalue weighted by molar-refractivity contribution is 9.10. The van der Waals surface area contributed by atoms with E-state index in [0.29, 0.717) is 13.0 Å². The predicted octanol–water partition coefficient (Wildman–Crippen LogP) is 1.10. The zero-order valence-electron chi connectivity index (χ0n) is 10.1. The number of benzene rings is 1. The Labute approximate surface area is 116 Å². The van der Waals surface area contributed by atoms with Gasteiger partial charge in [-0.1, -0.05) is 34.1 Å². The second-order valence-electron chi connectivity index (χ2n) is 3.82. The van der Waals surface area contributed by atoms with E-state index in [0.717, 1.165) is 10.0 Å². The SMILES string of the molecule is CN(CCCO)S(=O)(=O)NCc1ccccc1Br. The van der Waals surface area contributed by atoms with Gasteiger partial charge in [0.1, 0.15) is 0 Å². The van der Waals surface area contributed by atoms with Crippen LogP contribution in [0.25, 0.3) is 0 Å². The molecule has 0 radical (unpaired) electrons. The van der Waals surface area contributed by atoms with Crippen molar-refractivity contribution in [1.29, 1.82) is 0 Å². The lowest BCUT2D eigenvalue weighted by Crippen LogP contribution is -2.38. The minimum absolute atomic E-state index is 0.0237. The van der Waals surface area contributed by atoms with Gasteiger partial charge in [0.15, 0.2) is 0 Å². The van der Waals surface area contributed by atoms with Gasteiger partial charge >= 0.3 is 0 Å². The zero-order chi connectivity index (χ0) is 13.6. The summed E-state index contributed by atoms with van der Waals surface area (Å²) in [5.41, 5.74) is 0.872. The van der Waals surface area contributed by atoms with E-state index >= 15 is 0 Å². The molecule has 1 rings (SSSR count). The number of hydrogen-bond donors (Lipinski definition) is 2. The fourth-order valence-corrected chi connectivity index (χ4v) is 2.69. The minimum atomic E-state index is -3.50. The molecule has 102 valence electrons. The van der Waals surface area contributed by atoms with Gasteiger partial charge in [0, 0.05) is 31.2 Å². The van der Waals surface area contributed by atoms with E-state index < -0.39 is 10.2 Å². The standard InChI is InChI=1S/C11H17BrN2O3S/c1-14(7-4-8-15)18(16,17)13-9-10-5-2-3-6-11(10)12/h2-3,5-6,13,15H,4,7-9H2,1H3. The Hall–Kier alpha value is -0.470. The summed E-state index contributed by atoms with van der Waals surface area (Å²) in [6, 6.07) is 7.43. The van der Waals surface area contributed by atoms with E-state index in [1.165, 1.54) is 11.4 Å². The van der Waals surface area contributed by atoms with Gasteiger partial charge in [-0.25, -0.2) is 0 Å². The fourth-order valence-electron chi connectivity index (χ4n) is 1.33. The van der Waals surface area contributed by atoms with Crippen molar-refractivity contribution in [1.82, 2.24) is 9.03 Å². The summed E-state index contributed by atoms with van der Waals surface area (Å²) in [4.78, 5) is 0. The highest BCUT2D eigenvalue weighted by atomic mass is 79.9. The first-order chi connectivity index (χ1) is 8.47. The van der Waals surface area contributed by atoms with Gasteiger partial charge in [-0.2, -0.15) is 17.4 Å². The molecule has 5 nitrogen and oxygen atoms in total. The second-order valence-corrected chi connectivity index (χ2v) is 6.53. The highest BCUT2D eigenvalue weighted by Gasteiger charge is 2.16. The van der Waals surface area contributed by atoms with Crippen LogP contribution in [0.5, 0.6) is 0 Å². The number of nitrogens with one attached hydrogen (secondary N) is 1. The number of aliphatic hydroxyl groups excluding tert-OH is 1. The molecule has 0 atom stereocenters. The number of rotatable bonds is 7. The molecule has 7 heteroatoms. The molecule has 1 aromatic rings. The van der Waals surface area contributed by atoms with Crippen LogP contribution in [-0.4, -0.2) is 38.0 Å². The van der Waals surface area contributed by atoms with Crippen LogP contribution in [0, 0.1) is 0 Å². The number of aliphatic hydroxyl groups is 1. The molecular weight excluding hydrogens is 320 g/mol. The molecule has 0 heterocycles. The van der Waals surface area contributed by atoms with E-state index in [2.05, 4.69) is 20.7 Å². The van der Waals surface area contributed by atoms with Crippen molar-refractivity contribution in [2.45, 2.75) is 13.0 Å². The summed E-state index contributed by atoms with van der Waals surface area (Å²) in [7, 11) is -2.01. The number of nitrogens with zero attached hydrogens (tertiary/aromatic N) is 1. The Bertz CT molecular complexity index is 479. The predicted molar refractivity (Wildman–Crippen MR) is 74.2 cm³/mol. The summed E-state index contributed by atoms with van der Waals surface area (Å²) < 4.78 is 28.2. The van der Waals surface area contributed by atoms with E-state index in [-0.39, 0.29) is 13.2 Å². The van der Waals surface area contributed by atoms with Crippen molar-refractivity contribution in [2.75, 3.05) is 20.2 Å². The summed E-state index contributed by atoms with van der Waals surface area (Å²) >= 11 is 3.36. The molecule has 1 aromatic carbocycles. The van der Waals surface area contributed by atoms with Crippen LogP contribution < -0.4 is 4.72 Å². The molecule has 0 fully saturated rings. The van der Waals surface area contributed by atoms with Crippen LogP contribution in [-0.2, 0) is 16.8 Å². The monoisotopic (exact) mass is 336 g/mol. The van der Waals surface area contributed by atoms with Crippen LogP contribution in [0.2, 0.25) is 0 Å². The molecular formula is C11H17BrN2O3S. The van der Waals surface area contributed by atoms with Gasteiger partial charge < -0.3 is 5.11 Å². The maximum absolute atomic E-state index is 11.8. The van der Waals surface area contributed by atoms with Crippen molar-refractivity contribution in [3.63, 3.8) is 0 Å². The largest absolute Gasteiger partial charge is 0.396 e. The van der Waals surface area contributed by atoms with E-state index in [9.17, 15) is 8.42 Å². The van der Waals surface area contributed by atoms with Crippen molar-refractivity contribution < 1.29 is 13.5 Å². The van der Waals surface area contributed by atoms with Gasteiger partial charge in [-0.3, -0.25) is 0 Å². The molecule has 0 aromatic heterocycles. The average molecular weight is 337 g/mol. The van der Waals surface area contributed by atoms with E-state index in [4.69, 9.17) is 5.11 Å². The molecule has 0 saturated heterocycles. The lowest BCUT2D eigenvalue weighted by molar-refractivity contribution is 0.275. The lowest BCUT2D eigenvalue weighted by atomic mass is 10.2. The zero-order valence-corrected chi connectivity index (χ0v) is 12.5. The van der Waals surface area contributed by atoms with Crippen molar-refractivity contribution in [3.8, 4) is 0 Å². The molecule has 0 spiro atoms. The highest BCUT2D eigenvalue weighted by Crippen LogP contribution is 2.15. The molecule has 0 bridgehead atoms. The molecule has 0 aliphatic heterocycles. The lowest BCUT2D eigenvalue weighted by Gasteiger charge is -2.17. The normalized spacial score (nSPS) is 12.0.